The van der Waals surface area contributed by atoms with E-state index in [4.69, 9.17) is 4.52 Å². The van der Waals surface area contributed by atoms with Crippen molar-refractivity contribution < 1.29 is 4.52 Å². The fraction of sp³-hybridized carbons (Fsp3) is 0.429. The summed E-state index contributed by atoms with van der Waals surface area (Å²) in [5.74, 6) is 1.48. The summed E-state index contributed by atoms with van der Waals surface area (Å²) in [5.41, 5.74) is 2.58. The van der Waals surface area contributed by atoms with E-state index in [-0.39, 0.29) is 5.25 Å². The van der Waals surface area contributed by atoms with Crippen LogP contribution in [-0.2, 0) is 6.42 Å². The monoisotopic (exact) mass is 262 g/mol. The number of benzene rings is 1. The largest absolute Gasteiger partial charge is 0.338 e. The Balaban J connectivity index is 2.13. The van der Waals surface area contributed by atoms with Crippen molar-refractivity contribution >= 4 is 11.8 Å². The third kappa shape index (κ3) is 2.93. The van der Waals surface area contributed by atoms with Gasteiger partial charge in [0.25, 0.3) is 0 Å². The van der Waals surface area contributed by atoms with Gasteiger partial charge in [-0.2, -0.15) is 4.98 Å². The van der Waals surface area contributed by atoms with Crippen molar-refractivity contribution in [3.63, 3.8) is 0 Å². The topological polar surface area (TPSA) is 38.9 Å². The van der Waals surface area contributed by atoms with Gasteiger partial charge in [-0.15, -0.1) is 11.8 Å². The highest BCUT2D eigenvalue weighted by Gasteiger charge is 2.15. The summed E-state index contributed by atoms with van der Waals surface area (Å²) in [7, 11) is 0. The predicted octanol–water partition coefficient (Wildman–Crippen LogP) is 4.10. The van der Waals surface area contributed by atoms with E-state index in [2.05, 4.69) is 49.1 Å². The molecule has 2 aromatic rings. The minimum atomic E-state index is 0.180. The van der Waals surface area contributed by atoms with Crippen LogP contribution in [0.1, 0.15) is 41.9 Å². The molecule has 0 bridgehead atoms. The molecule has 4 heteroatoms. The lowest BCUT2D eigenvalue weighted by Crippen LogP contribution is -1.91. The lowest BCUT2D eigenvalue weighted by molar-refractivity contribution is 0.375. The molecule has 1 aromatic carbocycles. The molecule has 1 atom stereocenters. The molecule has 0 aliphatic carbocycles. The number of aromatic nitrogens is 2. The van der Waals surface area contributed by atoms with Crippen molar-refractivity contribution in [2.24, 2.45) is 0 Å². The third-order valence-corrected chi connectivity index (χ3v) is 4.05. The summed E-state index contributed by atoms with van der Waals surface area (Å²) in [6.45, 7) is 8.36. The Morgan fingerprint density at radius 3 is 2.72 bits per heavy atom. The van der Waals surface area contributed by atoms with Gasteiger partial charge in [0.15, 0.2) is 5.82 Å². The first kappa shape index (κ1) is 13.1. The number of aryl methyl sites for hydroxylation is 3. The van der Waals surface area contributed by atoms with E-state index in [1.54, 1.807) is 11.8 Å². The molecule has 0 aliphatic heterocycles. The van der Waals surface area contributed by atoms with Gasteiger partial charge in [-0.3, -0.25) is 0 Å². The number of rotatable bonds is 4. The summed E-state index contributed by atoms with van der Waals surface area (Å²) >= 11 is 1.76. The zero-order valence-corrected chi connectivity index (χ0v) is 12.0. The number of hydrogen-bond acceptors (Lipinski definition) is 4. The van der Waals surface area contributed by atoms with Gasteiger partial charge in [0.1, 0.15) is 0 Å². The first-order valence-corrected chi connectivity index (χ1v) is 7.04. The highest BCUT2D eigenvalue weighted by Crippen LogP contribution is 2.35. The van der Waals surface area contributed by atoms with Gasteiger partial charge < -0.3 is 4.52 Å². The molecule has 2 rings (SSSR count). The van der Waals surface area contributed by atoms with E-state index in [1.165, 1.54) is 16.0 Å². The molecule has 0 aliphatic rings. The van der Waals surface area contributed by atoms with E-state index >= 15 is 0 Å². The maximum absolute atomic E-state index is 5.27. The fourth-order valence-electron chi connectivity index (χ4n) is 1.75. The van der Waals surface area contributed by atoms with Crippen LogP contribution in [0, 0.1) is 13.8 Å². The Labute approximate surface area is 112 Å². The highest BCUT2D eigenvalue weighted by molar-refractivity contribution is 7.99. The highest BCUT2D eigenvalue weighted by atomic mass is 32.2. The van der Waals surface area contributed by atoms with Crippen molar-refractivity contribution in [1.82, 2.24) is 10.1 Å². The fourth-order valence-corrected chi connectivity index (χ4v) is 2.72. The molecule has 1 heterocycles. The van der Waals surface area contributed by atoms with Gasteiger partial charge in [-0.25, -0.2) is 0 Å². The SMILES string of the molecule is CCc1noc(C(C)Sc2ccc(C)cc2C)n1. The normalized spacial score (nSPS) is 12.7. The molecule has 0 saturated heterocycles. The third-order valence-electron chi connectivity index (χ3n) is 2.78. The first-order chi connectivity index (χ1) is 8.60. The van der Waals surface area contributed by atoms with Gasteiger partial charge in [-0.1, -0.05) is 29.8 Å². The second-order valence-corrected chi connectivity index (χ2v) is 5.81. The van der Waals surface area contributed by atoms with Gasteiger partial charge in [0.05, 0.1) is 5.25 Å². The molecular formula is C14H18N2OS. The van der Waals surface area contributed by atoms with Crippen molar-refractivity contribution in [2.45, 2.75) is 44.3 Å². The summed E-state index contributed by atoms with van der Waals surface area (Å²) in [4.78, 5) is 5.64. The predicted molar refractivity (Wildman–Crippen MR) is 73.9 cm³/mol. The number of hydrogen-bond donors (Lipinski definition) is 0. The van der Waals surface area contributed by atoms with Crippen molar-refractivity contribution in [1.29, 1.82) is 0 Å². The summed E-state index contributed by atoms with van der Waals surface area (Å²) < 4.78 is 5.27. The molecule has 0 saturated carbocycles. The van der Waals surface area contributed by atoms with Crippen molar-refractivity contribution in [2.75, 3.05) is 0 Å². The van der Waals surface area contributed by atoms with Gasteiger partial charge in [0, 0.05) is 11.3 Å². The molecule has 96 valence electrons. The van der Waals surface area contributed by atoms with Crippen LogP contribution >= 0.6 is 11.8 Å². The minimum absolute atomic E-state index is 0.180. The molecule has 0 amide bonds. The minimum Gasteiger partial charge on any atom is -0.338 e. The smallest absolute Gasteiger partial charge is 0.239 e. The van der Waals surface area contributed by atoms with Crippen LogP contribution in [0.3, 0.4) is 0 Å². The summed E-state index contributed by atoms with van der Waals surface area (Å²) in [6, 6.07) is 6.48. The number of thioether (sulfide) groups is 1. The standard InChI is InChI=1S/C14H18N2OS/c1-5-13-15-14(17-16-13)11(4)18-12-7-6-9(2)8-10(12)3/h6-8,11H,5H2,1-4H3. The average molecular weight is 262 g/mol. The molecule has 0 N–H and O–H groups in total. The Hall–Kier alpha value is -1.29. The zero-order chi connectivity index (χ0) is 13.1. The van der Waals surface area contributed by atoms with E-state index in [0.717, 1.165) is 12.2 Å². The number of nitrogens with zero attached hydrogens (tertiary/aromatic N) is 2. The van der Waals surface area contributed by atoms with Crippen LogP contribution in [-0.4, -0.2) is 10.1 Å². The second kappa shape index (κ2) is 5.57. The molecule has 18 heavy (non-hydrogen) atoms. The average Bonchev–Trinajstić information content (AvgIpc) is 2.81. The molecule has 0 fully saturated rings. The Kier molecular flexibility index (Phi) is 4.07. The van der Waals surface area contributed by atoms with Crippen LogP contribution in [0.15, 0.2) is 27.6 Å². The lowest BCUT2D eigenvalue weighted by Gasteiger charge is -2.09. The van der Waals surface area contributed by atoms with E-state index in [9.17, 15) is 0 Å². The molecule has 0 radical (unpaired) electrons. The molecule has 1 unspecified atom stereocenters. The van der Waals surface area contributed by atoms with Crippen molar-refractivity contribution in [3.05, 3.63) is 41.0 Å². The molecular weight excluding hydrogens is 244 g/mol. The maximum atomic E-state index is 5.27. The Morgan fingerprint density at radius 1 is 1.33 bits per heavy atom. The quantitative estimate of drug-likeness (QED) is 0.777. The first-order valence-electron chi connectivity index (χ1n) is 6.16. The van der Waals surface area contributed by atoms with E-state index in [0.29, 0.717) is 5.89 Å². The Morgan fingerprint density at radius 2 is 2.11 bits per heavy atom. The van der Waals surface area contributed by atoms with Crippen LogP contribution in [0.5, 0.6) is 0 Å². The lowest BCUT2D eigenvalue weighted by atomic mass is 10.2. The maximum Gasteiger partial charge on any atom is 0.239 e. The van der Waals surface area contributed by atoms with Gasteiger partial charge >= 0.3 is 0 Å². The summed E-state index contributed by atoms with van der Waals surface area (Å²) in [6.07, 6.45) is 0.810. The van der Waals surface area contributed by atoms with Crippen molar-refractivity contribution in [3.8, 4) is 0 Å². The van der Waals surface area contributed by atoms with E-state index in [1.807, 2.05) is 6.92 Å². The molecule has 0 spiro atoms. The van der Waals surface area contributed by atoms with Crippen LogP contribution in [0.2, 0.25) is 0 Å². The van der Waals surface area contributed by atoms with Gasteiger partial charge in [-0.05, 0) is 32.4 Å². The second-order valence-electron chi connectivity index (χ2n) is 4.43. The molecule has 3 nitrogen and oxygen atoms in total. The molecule has 1 aromatic heterocycles. The Bertz CT molecular complexity index is 536. The zero-order valence-electron chi connectivity index (χ0n) is 11.2. The van der Waals surface area contributed by atoms with Gasteiger partial charge in [0.2, 0.25) is 5.89 Å². The van der Waals surface area contributed by atoms with E-state index < -0.39 is 0 Å². The van der Waals surface area contributed by atoms with Crippen LogP contribution in [0.25, 0.3) is 0 Å². The van der Waals surface area contributed by atoms with Crippen LogP contribution in [0.4, 0.5) is 0 Å². The summed E-state index contributed by atoms with van der Waals surface area (Å²) in [5, 5.41) is 4.11. The van der Waals surface area contributed by atoms with Crippen LogP contribution < -0.4 is 0 Å².